The molecule has 0 aliphatic rings. The van der Waals surface area contributed by atoms with E-state index in [1.807, 2.05) is 6.92 Å². The van der Waals surface area contributed by atoms with E-state index < -0.39 is 15.8 Å². The standard InChI is InChI=1S/C12H17BrFNO2S/c1-8-6-11(14)7-9(2)12(8)18(16,17)15-5-4-10(3)13/h6-7,10,15H,4-5H2,1-3H3. The van der Waals surface area contributed by atoms with Gasteiger partial charge in [-0.25, -0.2) is 17.5 Å². The molecule has 1 N–H and O–H groups in total. The van der Waals surface area contributed by atoms with Crippen LogP contribution in [0.15, 0.2) is 17.0 Å². The van der Waals surface area contributed by atoms with Crippen molar-refractivity contribution in [1.29, 1.82) is 0 Å². The van der Waals surface area contributed by atoms with Gasteiger partial charge in [-0.2, -0.15) is 0 Å². The topological polar surface area (TPSA) is 46.2 Å². The van der Waals surface area contributed by atoms with Gasteiger partial charge in [0, 0.05) is 11.4 Å². The fraction of sp³-hybridized carbons (Fsp3) is 0.500. The van der Waals surface area contributed by atoms with Crippen LogP contribution in [0.1, 0.15) is 24.5 Å². The summed E-state index contributed by atoms with van der Waals surface area (Å²) in [5.41, 5.74) is 0.846. The molecule has 0 aliphatic heterocycles. The van der Waals surface area contributed by atoms with Crippen molar-refractivity contribution in [1.82, 2.24) is 4.72 Å². The molecule has 0 fully saturated rings. The Balaban J connectivity index is 2.99. The van der Waals surface area contributed by atoms with Crippen molar-refractivity contribution in [2.45, 2.75) is 36.9 Å². The highest BCUT2D eigenvalue weighted by Crippen LogP contribution is 2.21. The second kappa shape index (κ2) is 6.12. The highest BCUT2D eigenvalue weighted by Gasteiger charge is 2.19. The number of benzene rings is 1. The van der Waals surface area contributed by atoms with Gasteiger partial charge in [-0.15, -0.1) is 0 Å². The van der Waals surface area contributed by atoms with E-state index in [2.05, 4.69) is 20.7 Å². The van der Waals surface area contributed by atoms with Gasteiger partial charge >= 0.3 is 0 Å². The molecule has 1 atom stereocenters. The van der Waals surface area contributed by atoms with E-state index in [-0.39, 0.29) is 9.72 Å². The third-order valence-corrected chi connectivity index (χ3v) is 4.75. The Morgan fingerprint density at radius 2 is 1.83 bits per heavy atom. The second-order valence-corrected chi connectivity index (χ2v) is 7.60. The lowest BCUT2D eigenvalue weighted by atomic mass is 10.1. The number of sulfonamides is 1. The van der Waals surface area contributed by atoms with Crippen LogP contribution in [0.2, 0.25) is 0 Å². The van der Waals surface area contributed by atoms with Gasteiger partial charge in [0.15, 0.2) is 0 Å². The van der Waals surface area contributed by atoms with Gasteiger partial charge in [-0.05, 0) is 43.5 Å². The molecule has 0 aromatic heterocycles. The summed E-state index contributed by atoms with van der Waals surface area (Å²) in [6, 6.07) is 2.46. The molecule has 3 nitrogen and oxygen atoms in total. The number of rotatable bonds is 5. The van der Waals surface area contributed by atoms with Crippen LogP contribution < -0.4 is 4.72 Å². The summed E-state index contributed by atoms with van der Waals surface area (Å²) >= 11 is 3.35. The van der Waals surface area contributed by atoms with Gasteiger partial charge in [0.05, 0.1) is 4.90 Å². The van der Waals surface area contributed by atoms with Crippen LogP contribution in [0.25, 0.3) is 0 Å². The SMILES string of the molecule is Cc1cc(F)cc(C)c1S(=O)(=O)NCCC(C)Br. The zero-order valence-electron chi connectivity index (χ0n) is 10.6. The molecule has 0 saturated carbocycles. The minimum Gasteiger partial charge on any atom is -0.211 e. The average Bonchev–Trinajstić information content (AvgIpc) is 2.13. The summed E-state index contributed by atoms with van der Waals surface area (Å²) in [5, 5.41) is 0. The molecule has 18 heavy (non-hydrogen) atoms. The van der Waals surface area contributed by atoms with Gasteiger partial charge < -0.3 is 0 Å². The van der Waals surface area contributed by atoms with Crippen LogP contribution in [-0.4, -0.2) is 19.8 Å². The summed E-state index contributed by atoms with van der Waals surface area (Å²) in [7, 11) is -3.57. The first-order valence-electron chi connectivity index (χ1n) is 5.64. The first kappa shape index (κ1) is 15.6. The van der Waals surface area contributed by atoms with Crippen molar-refractivity contribution in [2.24, 2.45) is 0 Å². The molecule has 0 radical (unpaired) electrons. The van der Waals surface area contributed by atoms with E-state index >= 15 is 0 Å². The normalized spacial score (nSPS) is 13.6. The molecule has 0 amide bonds. The lowest BCUT2D eigenvalue weighted by Gasteiger charge is -2.12. The molecule has 0 spiro atoms. The Kier molecular flexibility index (Phi) is 5.31. The van der Waals surface area contributed by atoms with Crippen molar-refractivity contribution in [2.75, 3.05) is 6.54 Å². The number of hydrogen-bond donors (Lipinski definition) is 1. The lowest BCUT2D eigenvalue weighted by Crippen LogP contribution is -2.27. The van der Waals surface area contributed by atoms with E-state index in [0.29, 0.717) is 24.1 Å². The van der Waals surface area contributed by atoms with Crippen molar-refractivity contribution < 1.29 is 12.8 Å². The van der Waals surface area contributed by atoms with Gasteiger partial charge in [-0.3, -0.25) is 0 Å². The molecule has 1 aromatic carbocycles. The van der Waals surface area contributed by atoms with Crippen molar-refractivity contribution in [3.8, 4) is 0 Å². The predicted molar refractivity (Wildman–Crippen MR) is 74.1 cm³/mol. The van der Waals surface area contributed by atoms with Crippen molar-refractivity contribution in [3.63, 3.8) is 0 Å². The first-order valence-corrected chi connectivity index (χ1v) is 8.04. The lowest BCUT2D eigenvalue weighted by molar-refractivity contribution is 0.576. The van der Waals surface area contributed by atoms with Crippen LogP contribution in [0.5, 0.6) is 0 Å². The van der Waals surface area contributed by atoms with Gasteiger partial charge in [0.1, 0.15) is 5.82 Å². The first-order chi connectivity index (χ1) is 8.24. The quantitative estimate of drug-likeness (QED) is 0.839. The number of nitrogens with one attached hydrogen (secondary N) is 1. The fourth-order valence-corrected chi connectivity index (χ4v) is 3.51. The molecule has 1 aromatic rings. The van der Waals surface area contributed by atoms with Gasteiger partial charge in [0.25, 0.3) is 0 Å². The largest absolute Gasteiger partial charge is 0.241 e. The maximum absolute atomic E-state index is 13.1. The van der Waals surface area contributed by atoms with Gasteiger partial charge in [-0.1, -0.05) is 22.9 Å². The van der Waals surface area contributed by atoms with Gasteiger partial charge in [0.2, 0.25) is 10.0 Å². The Bertz CT molecular complexity index is 506. The molecule has 0 bridgehead atoms. The molecule has 0 saturated heterocycles. The number of alkyl halides is 1. The van der Waals surface area contributed by atoms with Crippen LogP contribution in [0.4, 0.5) is 4.39 Å². The number of halogens is 2. The molecular formula is C12H17BrFNO2S. The van der Waals surface area contributed by atoms with E-state index in [0.717, 1.165) is 0 Å². The Morgan fingerprint density at radius 3 is 2.28 bits per heavy atom. The Hall–Kier alpha value is -0.460. The summed E-state index contributed by atoms with van der Waals surface area (Å²) in [6.45, 7) is 5.49. The zero-order chi connectivity index (χ0) is 13.9. The monoisotopic (exact) mass is 337 g/mol. The van der Waals surface area contributed by atoms with Crippen molar-refractivity contribution >= 4 is 26.0 Å². The van der Waals surface area contributed by atoms with E-state index in [1.54, 1.807) is 13.8 Å². The van der Waals surface area contributed by atoms with E-state index in [9.17, 15) is 12.8 Å². The predicted octanol–water partition coefficient (Wildman–Crippen LogP) is 2.89. The molecular weight excluding hydrogens is 321 g/mol. The molecule has 102 valence electrons. The third kappa shape index (κ3) is 4.03. The highest BCUT2D eigenvalue weighted by molar-refractivity contribution is 9.09. The molecule has 1 rings (SSSR count). The van der Waals surface area contributed by atoms with Crippen LogP contribution in [-0.2, 0) is 10.0 Å². The number of hydrogen-bond acceptors (Lipinski definition) is 2. The minimum atomic E-state index is -3.57. The minimum absolute atomic E-state index is 0.172. The van der Waals surface area contributed by atoms with E-state index in [1.165, 1.54) is 12.1 Å². The maximum Gasteiger partial charge on any atom is 0.241 e. The van der Waals surface area contributed by atoms with Crippen LogP contribution >= 0.6 is 15.9 Å². The fourth-order valence-electron chi connectivity index (χ4n) is 1.79. The molecule has 6 heteroatoms. The highest BCUT2D eigenvalue weighted by atomic mass is 79.9. The maximum atomic E-state index is 13.1. The van der Waals surface area contributed by atoms with Crippen LogP contribution in [0.3, 0.4) is 0 Å². The summed E-state index contributed by atoms with van der Waals surface area (Å²) in [6.07, 6.45) is 0.693. The molecule has 0 aliphatic carbocycles. The Labute approximate surface area is 116 Å². The summed E-state index contributed by atoms with van der Waals surface area (Å²) < 4.78 is 39.9. The zero-order valence-corrected chi connectivity index (χ0v) is 13.0. The average molecular weight is 338 g/mol. The summed E-state index contributed by atoms with van der Waals surface area (Å²) in [4.78, 5) is 0.418. The number of aryl methyl sites for hydroxylation is 2. The second-order valence-electron chi connectivity index (χ2n) is 4.34. The summed E-state index contributed by atoms with van der Waals surface area (Å²) in [5.74, 6) is -0.418. The van der Waals surface area contributed by atoms with Crippen molar-refractivity contribution in [3.05, 3.63) is 29.1 Å². The molecule has 1 unspecified atom stereocenters. The van der Waals surface area contributed by atoms with E-state index in [4.69, 9.17) is 0 Å². The third-order valence-electron chi connectivity index (χ3n) is 2.53. The van der Waals surface area contributed by atoms with Crippen LogP contribution in [0, 0.1) is 19.7 Å². The molecule has 0 heterocycles. The smallest absolute Gasteiger partial charge is 0.211 e. The Morgan fingerprint density at radius 1 is 1.33 bits per heavy atom.